The highest BCUT2D eigenvalue weighted by Gasteiger charge is 2.27. The predicted molar refractivity (Wildman–Crippen MR) is 65.5 cm³/mol. The molecule has 0 aromatic rings. The summed E-state index contributed by atoms with van der Waals surface area (Å²) >= 11 is 0. The summed E-state index contributed by atoms with van der Waals surface area (Å²) in [4.78, 5) is 0. The second-order valence-corrected chi connectivity index (χ2v) is 5.59. The molecule has 0 aromatic heterocycles. The third kappa shape index (κ3) is 7.21. The van der Waals surface area contributed by atoms with Gasteiger partial charge in [-0.15, -0.1) is 0 Å². The van der Waals surface area contributed by atoms with Gasteiger partial charge < -0.3 is 10.1 Å². The first-order valence-electron chi connectivity index (χ1n) is 6.74. The average Bonchev–Trinajstić information content (AvgIpc) is 2.20. The molecule has 1 aliphatic carbocycles. The molecule has 5 heteroatoms. The van der Waals surface area contributed by atoms with E-state index in [2.05, 4.69) is 23.9 Å². The molecule has 0 bridgehead atoms. The molecule has 1 rings (SSSR count). The lowest BCUT2D eigenvalue weighted by Crippen LogP contribution is -2.37. The van der Waals surface area contributed by atoms with E-state index in [-0.39, 0.29) is 6.61 Å². The summed E-state index contributed by atoms with van der Waals surface area (Å²) in [6.07, 6.45) is 0.0609. The lowest BCUT2D eigenvalue weighted by Gasteiger charge is -2.32. The van der Waals surface area contributed by atoms with Gasteiger partial charge in [-0.1, -0.05) is 13.8 Å². The van der Waals surface area contributed by atoms with Gasteiger partial charge in [0, 0.05) is 12.6 Å². The molecule has 1 aliphatic rings. The summed E-state index contributed by atoms with van der Waals surface area (Å²) < 4.78 is 40.0. The maximum atomic E-state index is 11.8. The van der Waals surface area contributed by atoms with Gasteiger partial charge in [-0.3, -0.25) is 0 Å². The number of halogens is 3. The van der Waals surface area contributed by atoms with E-state index in [0.29, 0.717) is 12.5 Å². The lowest BCUT2D eigenvalue weighted by molar-refractivity contribution is -0.174. The van der Waals surface area contributed by atoms with Crippen LogP contribution in [0, 0.1) is 11.8 Å². The molecule has 0 radical (unpaired) electrons. The van der Waals surface area contributed by atoms with Crippen LogP contribution in [0.4, 0.5) is 13.2 Å². The van der Waals surface area contributed by atoms with Crippen LogP contribution in [0.5, 0.6) is 0 Å². The van der Waals surface area contributed by atoms with Gasteiger partial charge in [0.25, 0.3) is 0 Å². The third-order valence-electron chi connectivity index (χ3n) is 3.34. The molecule has 1 N–H and O–H groups in total. The Bertz CT molecular complexity index is 223. The van der Waals surface area contributed by atoms with Crippen LogP contribution in [-0.2, 0) is 4.74 Å². The summed E-state index contributed by atoms with van der Waals surface area (Å²) in [6, 6.07) is 0.520. The first-order valence-corrected chi connectivity index (χ1v) is 6.74. The van der Waals surface area contributed by atoms with E-state index in [0.717, 1.165) is 18.4 Å². The first kappa shape index (κ1) is 15.8. The van der Waals surface area contributed by atoms with Gasteiger partial charge in [0.05, 0.1) is 0 Å². The van der Waals surface area contributed by atoms with Crippen molar-refractivity contribution in [1.29, 1.82) is 0 Å². The molecule has 0 spiro atoms. The van der Waals surface area contributed by atoms with E-state index in [1.54, 1.807) is 0 Å². The Balaban J connectivity index is 2.01. The zero-order valence-electron chi connectivity index (χ0n) is 11.2. The molecule has 0 saturated heterocycles. The Hall–Kier alpha value is -0.290. The van der Waals surface area contributed by atoms with Crippen LogP contribution in [0.15, 0.2) is 0 Å². The largest absolute Gasteiger partial charge is 0.411 e. The van der Waals surface area contributed by atoms with Crippen LogP contribution in [-0.4, -0.2) is 32.0 Å². The van der Waals surface area contributed by atoms with Gasteiger partial charge >= 0.3 is 6.18 Å². The Morgan fingerprint density at radius 1 is 1.11 bits per heavy atom. The van der Waals surface area contributed by atoms with Crippen molar-refractivity contribution in [2.75, 3.05) is 19.8 Å². The van der Waals surface area contributed by atoms with Crippen molar-refractivity contribution in [2.24, 2.45) is 11.8 Å². The number of alkyl halides is 3. The van der Waals surface area contributed by atoms with Crippen LogP contribution >= 0.6 is 0 Å². The highest BCUT2D eigenvalue weighted by Crippen LogP contribution is 2.28. The molecule has 18 heavy (non-hydrogen) atoms. The van der Waals surface area contributed by atoms with Gasteiger partial charge in [0.1, 0.15) is 6.61 Å². The zero-order chi connectivity index (χ0) is 13.6. The maximum Gasteiger partial charge on any atom is 0.411 e. The highest BCUT2D eigenvalue weighted by atomic mass is 19.4. The lowest BCUT2D eigenvalue weighted by atomic mass is 9.80. The van der Waals surface area contributed by atoms with Gasteiger partial charge in [0.2, 0.25) is 0 Å². The van der Waals surface area contributed by atoms with Gasteiger partial charge in [0.15, 0.2) is 0 Å². The molecule has 108 valence electrons. The number of hydrogen-bond donors (Lipinski definition) is 1. The Kier molecular flexibility index (Phi) is 6.43. The van der Waals surface area contributed by atoms with Crippen molar-refractivity contribution in [3.63, 3.8) is 0 Å². The van der Waals surface area contributed by atoms with Crippen LogP contribution in [0.2, 0.25) is 0 Å². The molecule has 2 unspecified atom stereocenters. The minimum atomic E-state index is -4.21. The van der Waals surface area contributed by atoms with E-state index in [1.165, 1.54) is 19.3 Å². The third-order valence-corrected chi connectivity index (χ3v) is 3.34. The van der Waals surface area contributed by atoms with Crippen molar-refractivity contribution in [1.82, 2.24) is 5.32 Å². The number of nitrogens with one attached hydrogen (secondary N) is 1. The monoisotopic (exact) mass is 267 g/mol. The summed E-state index contributed by atoms with van der Waals surface area (Å²) in [7, 11) is 0. The van der Waals surface area contributed by atoms with E-state index in [9.17, 15) is 13.2 Å². The van der Waals surface area contributed by atoms with Crippen LogP contribution in [0.3, 0.4) is 0 Å². The SMILES string of the molecule is CC1CC(C)CC(NCCCOCC(F)(F)F)C1. The summed E-state index contributed by atoms with van der Waals surface area (Å²) in [5.41, 5.74) is 0. The van der Waals surface area contributed by atoms with Gasteiger partial charge in [-0.2, -0.15) is 13.2 Å². The van der Waals surface area contributed by atoms with Crippen molar-refractivity contribution in [3.05, 3.63) is 0 Å². The van der Waals surface area contributed by atoms with Crippen molar-refractivity contribution in [3.8, 4) is 0 Å². The minimum absolute atomic E-state index is 0.171. The molecule has 1 saturated carbocycles. The standard InChI is InChI=1S/C13H24F3NO/c1-10-6-11(2)8-12(7-10)17-4-3-5-18-9-13(14,15)16/h10-12,17H,3-9H2,1-2H3. The van der Waals surface area contributed by atoms with E-state index in [1.807, 2.05) is 0 Å². The fourth-order valence-corrected chi connectivity index (χ4v) is 2.78. The second-order valence-electron chi connectivity index (χ2n) is 5.59. The molecular weight excluding hydrogens is 243 g/mol. The molecule has 2 atom stereocenters. The summed E-state index contributed by atoms with van der Waals surface area (Å²) in [5, 5.41) is 3.42. The normalized spacial score (nSPS) is 29.5. The first-order chi connectivity index (χ1) is 8.37. The van der Waals surface area contributed by atoms with Crippen LogP contribution in [0.1, 0.15) is 39.5 Å². The average molecular weight is 267 g/mol. The molecule has 0 amide bonds. The fourth-order valence-electron chi connectivity index (χ4n) is 2.78. The fraction of sp³-hybridized carbons (Fsp3) is 1.00. The number of rotatable bonds is 6. The molecule has 2 nitrogen and oxygen atoms in total. The van der Waals surface area contributed by atoms with Crippen molar-refractivity contribution < 1.29 is 17.9 Å². The smallest absolute Gasteiger partial charge is 0.372 e. The van der Waals surface area contributed by atoms with Crippen molar-refractivity contribution >= 4 is 0 Å². The summed E-state index contributed by atoms with van der Waals surface area (Å²) in [5.74, 6) is 1.49. The Labute approximate surface area is 107 Å². The molecule has 0 aromatic carbocycles. The van der Waals surface area contributed by atoms with Gasteiger partial charge in [-0.05, 0) is 44.1 Å². The topological polar surface area (TPSA) is 21.3 Å². The Morgan fingerprint density at radius 2 is 1.72 bits per heavy atom. The summed E-state index contributed by atoms with van der Waals surface area (Å²) in [6.45, 7) is 4.30. The van der Waals surface area contributed by atoms with Crippen LogP contribution < -0.4 is 5.32 Å². The molecule has 0 aliphatic heterocycles. The van der Waals surface area contributed by atoms with E-state index in [4.69, 9.17) is 0 Å². The van der Waals surface area contributed by atoms with E-state index < -0.39 is 12.8 Å². The zero-order valence-corrected chi connectivity index (χ0v) is 11.2. The van der Waals surface area contributed by atoms with Crippen LogP contribution in [0.25, 0.3) is 0 Å². The molecular formula is C13H24F3NO. The van der Waals surface area contributed by atoms with Crippen molar-refractivity contribution in [2.45, 2.75) is 51.7 Å². The predicted octanol–water partition coefficient (Wildman–Crippen LogP) is 3.37. The number of ether oxygens (including phenoxy) is 1. The molecule has 1 fully saturated rings. The van der Waals surface area contributed by atoms with Gasteiger partial charge in [-0.25, -0.2) is 0 Å². The molecule has 0 heterocycles. The highest BCUT2D eigenvalue weighted by molar-refractivity contribution is 4.79. The number of hydrogen-bond acceptors (Lipinski definition) is 2. The minimum Gasteiger partial charge on any atom is -0.372 e. The maximum absolute atomic E-state index is 11.8. The Morgan fingerprint density at radius 3 is 2.28 bits per heavy atom. The second kappa shape index (κ2) is 7.34. The van der Waals surface area contributed by atoms with E-state index >= 15 is 0 Å². The quantitative estimate of drug-likeness (QED) is 0.745.